The van der Waals surface area contributed by atoms with Gasteiger partial charge in [0.1, 0.15) is 0 Å². The van der Waals surface area contributed by atoms with Crippen LogP contribution < -0.4 is 0 Å². The molecule has 1 heterocycles. The Morgan fingerprint density at radius 2 is 1.09 bits per heavy atom. The lowest BCUT2D eigenvalue weighted by molar-refractivity contribution is 0.563. The van der Waals surface area contributed by atoms with Crippen LogP contribution in [0.25, 0.3) is 61.0 Å². The molecule has 0 saturated heterocycles. The predicted octanol–water partition coefficient (Wildman–Crippen LogP) is 14.0. The van der Waals surface area contributed by atoms with Crippen LogP contribution in [0.15, 0.2) is 188 Å². The highest BCUT2D eigenvalue weighted by molar-refractivity contribution is 6.01. The van der Waals surface area contributed by atoms with Crippen LogP contribution in [0.5, 0.6) is 0 Å². The average molecular weight is 716 g/mol. The molecule has 3 aliphatic rings. The molecular weight excluding hydrogens is 675 g/mol. The van der Waals surface area contributed by atoms with Gasteiger partial charge < -0.3 is 0 Å². The topological polar surface area (TPSA) is 12.9 Å². The second kappa shape index (κ2) is 12.5. The normalized spacial score (nSPS) is 15.5. The highest BCUT2D eigenvalue weighted by Gasteiger charge is 2.53. The quantitative estimate of drug-likeness (QED) is 0.177. The van der Waals surface area contributed by atoms with Gasteiger partial charge in [0.2, 0.25) is 0 Å². The summed E-state index contributed by atoms with van der Waals surface area (Å²) in [5, 5.41) is 2.52. The van der Waals surface area contributed by atoms with Crippen molar-refractivity contribution in [2.75, 3.05) is 0 Å². The first-order valence-corrected chi connectivity index (χ1v) is 19.9. The van der Waals surface area contributed by atoms with E-state index < -0.39 is 5.41 Å². The maximum absolute atomic E-state index is 5.55. The number of nitrogens with zero attached hydrogens (tertiary/aromatic N) is 1. The Morgan fingerprint density at radius 1 is 0.446 bits per heavy atom. The first-order valence-electron chi connectivity index (χ1n) is 19.9. The van der Waals surface area contributed by atoms with E-state index in [1.165, 1.54) is 83.1 Å². The molecule has 0 saturated carbocycles. The minimum Gasteiger partial charge on any atom is -0.248 e. The van der Waals surface area contributed by atoms with Crippen molar-refractivity contribution in [3.63, 3.8) is 0 Å². The Bertz CT molecular complexity index is 2890. The number of benzene rings is 7. The van der Waals surface area contributed by atoms with Crippen LogP contribution in [-0.2, 0) is 10.8 Å². The molecule has 0 atom stereocenters. The summed E-state index contributed by atoms with van der Waals surface area (Å²) >= 11 is 0. The molecule has 0 fully saturated rings. The van der Waals surface area contributed by atoms with E-state index in [1.807, 2.05) is 0 Å². The van der Waals surface area contributed by atoms with Crippen LogP contribution >= 0.6 is 0 Å². The lowest BCUT2D eigenvalue weighted by Gasteiger charge is -2.46. The molecule has 0 aliphatic heterocycles. The fourth-order valence-electron chi connectivity index (χ4n) is 10.2. The van der Waals surface area contributed by atoms with Crippen LogP contribution in [0.2, 0.25) is 0 Å². The SMILES string of the molecule is CC1(C)c2ccccc2C2(c3ccc(-c4cccc5ccccc45)cc3-c3c(-c4cc(-c5ccccc5)cc(C5=CCCC=C5)n4)cccc32)c2ccccc21. The van der Waals surface area contributed by atoms with Crippen molar-refractivity contribution in [2.24, 2.45) is 0 Å². The third-order valence-electron chi connectivity index (χ3n) is 12.8. The minimum atomic E-state index is -0.505. The summed E-state index contributed by atoms with van der Waals surface area (Å²) in [6.45, 7) is 4.78. The molecule has 0 bridgehead atoms. The van der Waals surface area contributed by atoms with Crippen LogP contribution in [-0.4, -0.2) is 4.98 Å². The lowest BCUT2D eigenvalue weighted by Crippen LogP contribution is -2.40. The number of aromatic nitrogens is 1. The molecular formula is C55H41N. The third-order valence-corrected chi connectivity index (χ3v) is 12.8. The van der Waals surface area contributed by atoms with Gasteiger partial charge in [0.25, 0.3) is 0 Å². The van der Waals surface area contributed by atoms with Crippen molar-refractivity contribution in [3.8, 4) is 44.6 Å². The highest BCUT2D eigenvalue weighted by Crippen LogP contribution is 2.63. The second-order valence-corrected chi connectivity index (χ2v) is 16.1. The molecule has 266 valence electrons. The Labute approximate surface area is 329 Å². The smallest absolute Gasteiger partial charge is 0.0722 e. The van der Waals surface area contributed by atoms with Gasteiger partial charge in [-0.05, 0) is 114 Å². The second-order valence-electron chi connectivity index (χ2n) is 16.1. The van der Waals surface area contributed by atoms with Gasteiger partial charge in [0, 0.05) is 11.0 Å². The summed E-state index contributed by atoms with van der Waals surface area (Å²) in [6, 6.07) is 63.5. The standard InChI is InChI=1S/C55H41N/c1-54(2)46-26-11-13-28-48(46)55(49-29-14-12-27-47(49)54)45-32-31-39(42-24-15-22-37-19-9-10-23-41(37)42)33-44(45)53-43(25-16-30-50(53)55)52-35-40(36-17-5-3-6-18-36)34-51(56-52)38-20-7-4-8-21-38/h3,5-7,9-35H,4,8H2,1-2H3. The van der Waals surface area contributed by atoms with Gasteiger partial charge >= 0.3 is 0 Å². The van der Waals surface area contributed by atoms with Crippen molar-refractivity contribution in [1.29, 1.82) is 0 Å². The van der Waals surface area contributed by atoms with Crippen molar-refractivity contribution < 1.29 is 0 Å². The average Bonchev–Trinajstić information content (AvgIpc) is 3.56. The molecule has 3 aliphatic carbocycles. The molecule has 0 radical (unpaired) electrons. The molecule has 1 heteroatoms. The zero-order valence-electron chi connectivity index (χ0n) is 31.8. The Hall–Kier alpha value is -6.57. The van der Waals surface area contributed by atoms with Crippen molar-refractivity contribution in [3.05, 3.63) is 227 Å². The van der Waals surface area contributed by atoms with Crippen LogP contribution in [0.1, 0.15) is 65.8 Å². The van der Waals surface area contributed by atoms with E-state index in [0.29, 0.717) is 0 Å². The number of pyridine rings is 1. The first kappa shape index (κ1) is 32.8. The van der Waals surface area contributed by atoms with E-state index in [-0.39, 0.29) is 5.41 Å². The van der Waals surface area contributed by atoms with E-state index in [4.69, 9.17) is 4.98 Å². The van der Waals surface area contributed by atoms with Crippen LogP contribution in [0.3, 0.4) is 0 Å². The van der Waals surface area contributed by atoms with E-state index >= 15 is 0 Å². The molecule has 8 aromatic rings. The van der Waals surface area contributed by atoms with Gasteiger partial charge in [-0.25, -0.2) is 4.98 Å². The summed E-state index contributed by atoms with van der Waals surface area (Å²) in [5.74, 6) is 0. The van der Waals surface area contributed by atoms with Gasteiger partial charge in [-0.2, -0.15) is 0 Å². The molecule has 1 nitrogen and oxygen atoms in total. The summed E-state index contributed by atoms with van der Waals surface area (Å²) in [6.07, 6.45) is 8.97. The Kier molecular flexibility index (Phi) is 7.32. The molecule has 1 aromatic heterocycles. The maximum atomic E-state index is 5.55. The third kappa shape index (κ3) is 4.70. The molecule has 0 unspecified atom stereocenters. The van der Waals surface area contributed by atoms with Gasteiger partial charge in [-0.1, -0.05) is 184 Å². The van der Waals surface area contributed by atoms with E-state index in [2.05, 4.69) is 202 Å². The van der Waals surface area contributed by atoms with Crippen molar-refractivity contribution >= 4 is 16.3 Å². The van der Waals surface area contributed by atoms with Crippen LogP contribution in [0.4, 0.5) is 0 Å². The van der Waals surface area contributed by atoms with Gasteiger partial charge in [-0.15, -0.1) is 0 Å². The molecule has 11 rings (SSSR count). The zero-order valence-corrected chi connectivity index (χ0v) is 31.8. The number of allylic oxidation sites excluding steroid dienone is 4. The largest absolute Gasteiger partial charge is 0.248 e. The molecule has 1 spiro atoms. The molecule has 0 N–H and O–H groups in total. The van der Waals surface area contributed by atoms with Crippen molar-refractivity contribution in [2.45, 2.75) is 37.5 Å². The molecule has 56 heavy (non-hydrogen) atoms. The number of hydrogen-bond donors (Lipinski definition) is 0. The Morgan fingerprint density at radius 3 is 1.86 bits per heavy atom. The number of rotatable bonds is 4. The summed E-state index contributed by atoms with van der Waals surface area (Å²) in [4.78, 5) is 5.55. The minimum absolute atomic E-state index is 0.163. The van der Waals surface area contributed by atoms with Gasteiger partial charge in [-0.3, -0.25) is 0 Å². The fraction of sp³-hybridized carbons (Fsp3) is 0.109. The maximum Gasteiger partial charge on any atom is 0.0722 e. The van der Waals surface area contributed by atoms with Crippen molar-refractivity contribution in [1.82, 2.24) is 4.98 Å². The summed E-state index contributed by atoms with van der Waals surface area (Å²) in [7, 11) is 0. The lowest BCUT2D eigenvalue weighted by atomic mass is 9.55. The molecule has 7 aromatic carbocycles. The van der Waals surface area contributed by atoms with E-state index in [1.54, 1.807) is 0 Å². The van der Waals surface area contributed by atoms with Crippen LogP contribution in [0, 0.1) is 0 Å². The number of fused-ring (bicyclic) bond motifs is 10. The number of hydrogen-bond acceptors (Lipinski definition) is 1. The summed E-state index contributed by atoms with van der Waals surface area (Å²) in [5.41, 5.74) is 19.2. The summed E-state index contributed by atoms with van der Waals surface area (Å²) < 4.78 is 0. The predicted molar refractivity (Wildman–Crippen MR) is 234 cm³/mol. The zero-order chi connectivity index (χ0) is 37.4. The monoisotopic (exact) mass is 715 g/mol. The van der Waals surface area contributed by atoms with E-state index in [9.17, 15) is 0 Å². The van der Waals surface area contributed by atoms with Gasteiger partial charge in [0.15, 0.2) is 0 Å². The highest BCUT2D eigenvalue weighted by atomic mass is 14.7. The first-order chi connectivity index (χ1) is 27.5. The van der Waals surface area contributed by atoms with Gasteiger partial charge in [0.05, 0.1) is 16.8 Å². The van der Waals surface area contributed by atoms with E-state index in [0.717, 1.165) is 29.8 Å². The Balaban J connectivity index is 1.26. The fourth-order valence-corrected chi connectivity index (χ4v) is 10.2. The molecule has 0 amide bonds.